The van der Waals surface area contributed by atoms with Crippen molar-refractivity contribution in [1.82, 2.24) is 9.80 Å². The Morgan fingerprint density at radius 3 is 1.76 bits per heavy atom. The number of fused-ring (bicyclic) bond motifs is 3. The molecule has 208 valence electrons. The van der Waals surface area contributed by atoms with Gasteiger partial charge in [0.2, 0.25) is 0 Å². The molecule has 0 aromatic heterocycles. The number of allylic oxidation sites excluding steroid dienone is 2. The Morgan fingerprint density at radius 1 is 0.667 bits per heavy atom. The molecule has 0 saturated carbocycles. The van der Waals surface area contributed by atoms with E-state index in [9.17, 15) is 0 Å². The van der Waals surface area contributed by atoms with E-state index in [1.165, 1.54) is 21.5 Å². The minimum absolute atomic E-state index is 0.200. The summed E-state index contributed by atoms with van der Waals surface area (Å²) in [6.07, 6.45) is 5.95. The molecule has 0 radical (unpaired) electrons. The lowest BCUT2D eigenvalue weighted by molar-refractivity contribution is 0.179. The number of nitrogens with zero attached hydrogens (tertiary/aromatic N) is 3. The highest BCUT2D eigenvalue weighted by Gasteiger charge is 2.35. The third-order valence-electron chi connectivity index (χ3n) is 7.94. The van der Waals surface area contributed by atoms with Crippen molar-refractivity contribution >= 4 is 50.4 Å². The van der Waals surface area contributed by atoms with Gasteiger partial charge >= 0.3 is 0 Å². The monoisotopic (exact) mass is 589 g/mol. The summed E-state index contributed by atoms with van der Waals surface area (Å²) in [7, 11) is 2.01. The normalized spacial score (nSPS) is 16.5. The minimum atomic E-state index is -0.200. The SMILES string of the molecule is CN1/C(=C/C=C/C2N(Cc3ccc4ccccc4c3)C(Cl)=C(Cl)N2Cc2ccc3ccccc3c2)Oc2ccccc21. The first kappa shape index (κ1) is 26.5. The van der Waals surface area contributed by atoms with Crippen molar-refractivity contribution in [2.24, 2.45) is 0 Å². The molecule has 0 saturated heterocycles. The molecule has 0 aliphatic carbocycles. The summed E-state index contributed by atoms with van der Waals surface area (Å²) in [5.74, 6) is 1.61. The zero-order chi connectivity index (χ0) is 28.6. The number of benzene rings is 5. The van der Waals surface area contributed by atoms with Gasteiger partial charge in [-0.05, 0) is 69.1 Å². The molecule has 0 atom stereocenters. The van der Waals surface area contributed by atoms with Crippen LogP contribution in [0.5, 0.6) is 5.75 Å². The highest BCUT2D eigenvalue weighted by atomic mass is 35.5. The van der Waals surface area contributed by atoms with Gasteiger partial charge in [-0.3, -0.25) is 0 Å². The van der Waals surface area contributed by atoms with Crippen LogP contribution in [0.3, 0.4) is 0 Å². The summed E-state index contributed by atoms with van der Waals surface area (Å²) in [6, 6.07) is 37.9. The molecule has 0 N–H and O–H groups in total. The van der Waals surface area contributed by atoms with Crippen molar-refractivity contribution in [3.05, 3.63) is 155 Å². The maximum atomic E-state index is 6.99. The maximum absolute atomic E-state index is 6.99. The van der Waals surface area contributed by atoms with Gasteiger partial charge in [0, 0.05) is 20.1 Å². The second kappa shape index (κ2) is 11.1. The van der Waals surface area contributed by atoms with Gasteiger partial charge in [0.25, 0.3) is 0 Å². The third kappa shape index (κ3) is 4.98. The smallest absolute Gasteiger partial charge is 0.200 e. The summed E-state index contributed by atoms with van der Waals surface area (Å²) in [5, 5.41) is 5.90. The number of rotatable bonds is 6. The van der Waals surface area contributed by atoms with Crippen LogP contribution in [0.2, 0.25) is 0 Å². The summed E-state index contributed by atoms with van der Waals surface area (Å²) < 4.78 is 6.10. The van der Waals surface area contributed by atoms with Crippen molar-refractivity contribution in [3.8, 4) is 5.75 Å². The summed E-state index contributed by atoms with van der Waals surface area (Å²) in [5.41, 5.74) is 3.37. The first-order chi connectivity index (χ1) is 20.5. The zero-order valence-electron chi connectivity index (χ0n) is 23.1. The third-order valence-corrected chi connectivity index (χ3v) is 8.83. The molecule has 2 heterocycles. The van der Waals surface area contributed by atoms with Crippen LogP contribution in [0.4, 0.5) is 5.69 Å². The lowest BCUT2D eigenvalue weighted by Crippen LogP contribution is -2.37. The fraction of sp³-hybridized carbons (Fsp3) is 0.111. The molecule has 42 heavy (non-hydrogen) atoms. The molecule has 4 nitrogen and oxygen atoms in total. The van der Waals surface area contributed by atoms with Crippen molar-refractivity contribution in [2.45, 2.75) is 19.3 Å². The molecule has 0 spiro atoms. The van der Waals surface area contributed by atoms with Crippen LogP contribution >= 0.6 is 23.2 Å². The molecule has 6 heteroatoms. The van der Waals surface area contributed by atoms with Crippen molar-refractivity contribution in [2.75, 3.05) is 11.9 Å². The number of hydrogen-bond donors (Lipinski definition) is 0. The number of hydrogen-bond acceptors (Lipinski definition) is 4. The molecule has 5 aromatic rings. The minimum Gasteiger partial charge on any atom is -0.439 e. The van der Waals surface area contributed by atoms with Gasteiger partial charge in [-0.2, -0.15) is 0 Å². The van der Waals surface area contributed by atoms with E-state index in [0.717, 1.165) is 28.4 Å². The molecule has 0 amide bonds. The topological polar surface area (TPSA) is 19.0 Å². The van der Waals surface area contributed by atoms with Crippen molar-refractivity contribution < 1.29 is 4.74 Å². The molecule has 0 bridgehead atoms. The van der Waals surface area contributed by atoms with Gasteiger partial charge < -0.3 is 19.4 Å². The largest absolute Gasteiger partial charge is 0.439 e. The first-order valence-electron chi connectivity index (χ1n) is 14.0. The van der Waals surface area contributed by atoms with E-state index in [4.69, 9.17) is 27.9 Å². The van der Waals surface area contributed by atoms with E-state index >= 15 is 0 Å². The van der Waals surface area contributed by atoms with Crippen LogP contribution in [-0.2, 0) is 13.1 Å². The van der Waals surface area contributed by atoms with E-state index in [1.54, 1.807) is 0 Å². The van der Waals surface area contributed by atoms with Gasteiger partial charge in [0.05, 0.1) is 5.69 Å². The Bertz CT molecular complexity index is 1800. The summed E-state index contributed by atoms with van der Waals surface area (Å²) in [6.45, 7) is 1.23. The van der Waals surface area contributed by atoms with Gasteiger partial charge in [0.1, 0.15) is 16.5 Å². The Balaban J connectivity index is 1.21. The van der Waals surface area contributed by atoms with E-state index in [0.29, 0.717) is 23.4 Å². The number of halogens is 2. The summed E-state index contributed by atoms with van der Waals surface area (Å²) in [4.78, 5) is 6.35. The summed E-state index contributed by atoms with van der Waals surface area (Å²) >= 11 is 14.0. The molecule has 2 aliphatic rings. The predicted molar refractivity (Wildman–Crippen MR) is 174 cm³/mol. The van der Waals surface area contributed by atoms with Crippen LogP contribution in [0, 0.1) is 0 Å². The highest BCUT2D eigenvalue weighted by molar-refractivity contribution is 6.39. The van der Waals surface area contributed by atoms with Crippen LogP contribution < -0.4 is 9.64 Å². The van der Waals surface area contributed by atoms with Crippen LogP contribution in [0.15, 0.2) is 144 Å². The quantitative estimate of drug-likeness (QED) is 0.184. The van der Waals surface area contributed by atoms with Gasteiger partial charge in [-0.15, -0.1) is 0 Å². The van der Waals surface area contributed by atoms with E-state index in [-0.39, 0.29) is 6.17 Å². The molecular formula is C36H29Cl2N3O. The molecular weight excluding hydrogens is 561 g/mol. The second-order valence-corrected chi connectivity index (χ2v) is 11.3. The molecule has 5 aromatic carbocycles. The number of ether oxygens (including phenoxy) is 1. The predicted octanol–water partition coefficient (Wildman–Crippen LogP) is 9.17. The van der Waals surface area contributed by atoms with E-state index in [1.807, 2.05) is 42.3 Å². The lowest BCUT2D eigenvalue weighted by Gasteiger charge is -2.31. The Morgan fingerprint density at radius 2 is 1.19 bits per heavy atom. The van der Waals surface area contributed by atoms with Crippen molar-refractivity contribution in [1.29, 1.82) is 0 Å². The Labute approximate surface area is 255 Å². The molecule has 7 rings (SSSR count). The average molecular weight is 591 g/mol. The number of anilines is 1. The van der Waals surface area contributed by atoms with Gasteiger partial charge in [-0.25, -0.2) is 0 Å². The average Bonchev–Trinajstić information content (AvgIpc) is 3.45. The highest BCUT2D eigenvalue weighted by Crippen LogP contribution is 2.39. The van der Waals surface area contributed by atoms with Gasteiger partial charge in [0.15, 0.2) is 11.6 Å². The Kier molecular flexibility index (Phi) is 7.02. The van der Waals surface area contributed by atoms with E-state index < -0.39 is 0 Å². The molecule has 0 unspecified atom stereocenters. The van der Waals surface area contributed by atoms with Crippen LogP contribution in [0.25, 0.3) is 21.5 Å². The van der Waals surface area contributed by atoms with E-state index in [2.05, 4.69) is 107 Å². The van der Waals surface area contributed by atoms with Crippen LogP contribution in [-0.4, -0.2) is 23.0 Å². The zero-order valence-corrected chi connectivity index (χ0v) is 24.6. The Hall–Kier alpha value is -4.38. The second-order valence-electron chi connectivity index (χ2n) is 10.6. The maximum Gasteiger partial charge on any atom is 0.200 e. The molecule has 2 aliphatic heterocycles. The first-order valence-corrected chi connectivity index (χ1v) is 14.7. The fourth-order valence-electron chi connectivity index (χ4n) is 5.74. The molecule has 0 fully saturated rings. The standard InChI is InChI=1S/C36H29Cl2N3O/c1-39-31-13-6-7-14-32(31)42-34(39)16-8-15-33-40(23-25-17-19-27-9-2-4-11-29(27)21-25)35(37)36(38)41(33)24-26-18-20-28-10-3-5-12-30(28)22-26/h2-22,33H,23-24H2,1H3/b15-8+,34-16-. The lowest BCUT2D eigenvalue weighted by atomic mass is 10.1. The van der Waals surface area contributed by atoms with Crippen LogP contribution in [0.1, 0.15) is 11.1 Å². The fourth-order valence-corrected chi connectivity index (χ4v) is 6.28. The van der Waals surface area contributed by atoms with Crippen molar-refractivity contribution in [3.63, 3.8) is 0 Å². The van der Waals surface area contributed by atoms with Gasteiger partial charge in [-0.1, -0.05) is 114 Å². The number of para-hydroxylation sites is 2.